The number of anilines is 2. The zero-order chi connectivity index (χ0) is 13.9. The van der Waals surface area contributed by atoms with Gasteiger partial charge in [-0.15, -0.1) is 0 Å². The van der Waals surface area contributed by atoms with Gasteiger partial charge in [-0.05, 0) is 30.5 Å². The van der Waals surface area contributed by atoms with E-state index in [9.17, 15) is 0 Å². The van der Waals surface area contributed by atoms with E-state index in [2.05, 4.69) is 42.7 Å². The van der Waals surface area contributed by atoms with Gasteiger partial charge in [0.2, 0.25) is 0 Å². The summed E-state index contributed by atoms with van der Waals surface area (Å²) in [6.07, 6.45) is 1.26. The molecule has 19 heavy (non-hydrogen) atoms. The third-order valence-corrected chi connectivity index (χ3v) is 3.83. The molecule has 1 saturated heterocycles. The lowest BCUT2D eigenvalue weighted by Gasteiger charge is -2.37. The molecule has 0 aliphatic carbocycles. The van der Waals surface area contributed by atoms with Crippen LogP contribution in [0.4, 0.5) is 11.4 Å². The summed E-state index contributed by atoms with van der Waals surface area (Å²) in [4.78, 5) is 4.98. The normalized spacial score (nSPS) is 17.7. The molecule has 0 unspecified atom stereocenters. The highest BCUT2D eigenvalue weighted by Gasteiger charge is 2.20. The van der Waals surface area contributed by atoms with E-state index in [0.29, 0.717) is 5.41 Å². The molecule has 1 aliphatic heterocycles. The van der Waals surface area contributed by atoms with Crippen LogP contribution in [0, 0.1) is 5.41 Å². The third-order valence-electron chi connectivity index (χ3n) is 3.83. The van der Waals surface area contributed by atoms with Crippen molar-refractivity contribution < 1.29 is 0 Å². The first-order valence-electron chi connectivity index (χ1n) is 7.27. The maximum Gasteiger partial charge on any atom is 0.0600 e. The Labute approximate surface area is 117 Å². The lowest BCUT2D eigenvalue weighted by Crippen LogP contribution is -2.47. The number of nitrogen functional groups attached to an aromatic ring is 1. The van der Waals surface area contributed by atoms with Crippen LogP contribution in [0.25, 0.3) is 0 Å². The minimum atomic E-state index is 0.432. The summed E-state index contributed by atoms with van der Waals surface area (Å²) >= 11 is 0. The smallest absolute Gasteiger partial charge is 0.0600 e. The number of piperazine rings is 1. The van der Waals surface area contributed by atoms with E-state index < -0.39 is 0 Å². The van der Waals surface area contributed by atoms with Gasteiger partial charge in [-0.1, -0.05) is 32.9 Å². The molecule has 1 aromatic rings. The van der Waals surface area contributed by atoms with Gasteiger partial charge in [0.05, 0.1) is 11.4 Å². The number of nitrogens with two attached hydrogens (primary N) is 1. The van der Waals surface area contributed by atoms with Crippen LogP contribution in [0.5, 0.6) is 0 Å². The van der Waals surface area contributed by atoms with Crippen molar-refractivity contribution in [2.24, 2.45) is 5.41 Å². The molecule has 1 aromatic carbocycles. The molecule has 3 heteroatoms. The first-order valence-corrected chi connectivity index (χ1v) is 7.27. The number of hydrogen-bond donors (Lipinski definition) is 1. The van der Waals surface area contributed by atoms with Crippen LogP contribution in [0.1, 0.15) is 27.2 Å². The topological polar surface area (TPSA) is 32.5 Å². The molecule has 0 amide bonds. The number of nitrogens with zero attached hydrogens (tertiary/aromatic N) is 2. The van der Waals surface area contributed by atoms with Crippen LogP contribution < -0.4 is 10.6 Å². The fraction of sp³-hybridized carbons (Fsp3) is 0.625. The van der Waals surface area contributed by atoms with E-state index in [4.69, 9.17) is 5.73 Å². The average molecular weight is 261 g/mol. The maximum atomic E-state index is 6.05. The molecule has 3 nitrogen and oxygen atoms in total. The summed E-state index contributed by atoms with van der Waals surface area (Å²) in [6.45, 7) is 12.6. The summed E-state index contributed by atoms with van der Waals surface area (Å²) < 4.78 is 0. The van der Waals surface area contributed by atoms with E-state index >= 15 is 0 Å². The van der Waals surface area contributed by atoms with Crippen LogP contribution in [0.3, 0.4) is 0 Å². The van der Waals surface area contributed by atoms with Crippen molar-refractivity contribution in [1.29, 1.82) is 0 Å². The summed E-state index contributed by atoms with van der Waals surface area (Å²) in [5.74, 6) is 0. The number of hydrogen-bond acceptors (Lipinski definition) is 3. The SMILES string of the molecule is CC(C)(C)CCN1CCN(c2ccccc2N)CC1. The van der Waals surface area contributed by atoms with Gasteiger partial charge in [-0.2, -0.15) is 0 Å². The number of rotatable bonds is 3. The molecular weight excluding hydrogens is 234 g/mol. The molecule has 0 saturated carbocycles. The standard InChI is InChI=1S/C16H27N3/c1-16(2,3)8-9-18-10-12-19(13-11-18)15-7-5-4-6-14(15)17/h4-7H,8-13,17H2,1-3H3. The van der Waals surface area contributed by atoms with Gasteiger partial charge in [0.15, 0.2) is 0 Å². The zero-order valence-electron chi connectivity index (χ0n) is 12.5. The number of para-hydroxylation sites is 2. The van der Waals surface area contributed by atoms with Crippen LogP contribution in [-0.2, 0) is 0 Å². The highest BCUT2D eigenvalue weighted by molar-refractivity contribution is 5.67. The Morgan fingerprint density at radius 1 is 1.05 bits per heavy atom. The van der Waals surface area contributed by atoms with Crippen LogP contribution in [0.15, 0.2) is 24.3 Å². The first-order chi connectivity index (χ1) is 8.96. The molecule has 2 N–H and O–H groups in total. The molecule has 106 valence electrons. The van der Waals surface area contributed by atoms with Crippen molar-refractivity contribution in [1.82, 2.24) is 4.90 Å². The predicted octanol–water partition coefficient (Wildman–Crippen LogP) is 2.83. The lowest BCUT2D eigenvalue weighted by atomic mass is 9.92. The Morgan fingerprint density at radius 3 is 2.26 bits per heavy atom. The van der Waals surface area contributed by atoms with Gasteiger partial charge < -0.3 is 10.6 Å². The van der Waals surface area contributed by atoms with Gasteiger partial charge >= 0.3 is 0 Å². The van der Waals surface area contributed by atoms with E-state index in [0.717, 1.165) is 31.9 Å². The van der Waals surface area contributed by atoms with Gasteiger partial charge in [0.25, 0.3) is 0 Å². The molecule has 0 aromatic heterocycles. The molecule has 1 heterocycles. The molecular formula is C16H27N3. The highest BCUT2D eigenvalue weighted by Crippen LogP contribution is 2.24. The summed E-state index contributed by atoms with van der Waals surface area (Å²) in [7, 11) is 0. The summed E-state index contributed by atoms with van der Waals surface area (Å²) in [5.41, 5.74) is 8.56. The largest absolute Gasteiger partial charge is 0.397 e. The van der Waals surface area contributed by atoms with E-state index in [1.165, 1.54) is 18.7 Å². The minimum absolute atomic E-state index is 0.432. The van der Waals surface area contributed by atoms with Gasteiger partial charge in [-0.3, -0.25) is 4.90 Å². The van der Waals surface area contributed by atoms with Crippen molar-refractivity contribution >= 4 is 11.4 Å². The minimum Gasteiger partial charge on any atom is -0.397 e. The van der Waals surface area contributed by atoms with E-state index in [-0.39, 0.29) is 0 Å². The van der Waals surface area contributed by atoms with Crippen LogP contribution in [-0.4, -0.2) is 37.6 Å². The second kappa shape index (κ2) is 5.83. The Hall–Kier alpha value is -1.22. The summed E-state index contributed by atoms with van der Waals surface area (Å²) in [5, 5.41) is 0. The monoisotopic (exact) mass is 261 g/mol. The third kappa shape index (κ3) is 4.13. The van der Waals surface area contributed by atoms with Crippen molar-refractivity contribution in [2.75, 3.05) is 43.4 Å². The second-order valence-corrected chi connectivity index (χ2v) is 6.70. The van der Waals surface area contributed by atoms with Crippen molar-refractivity contribution in [3.05, 3.63) is 24.3 Å². The number of benzene rings is 1. The zero-order valence-corrected chi connectivity index (χ0v) is 12.5. The van der Waals surface area contributed by atoms with Crippen LogP contribution in [0.2, 0.25) is 0 Å². The molecule has 0 radical (unpaired) electrons. The summed E-state index contributed by atoms with van der Waals surface area (Å²) in [6, 6.07) is 8.18. The Kier molecular flexibility index (Phi) is 4.35. The molecule has 2 rings (SSSR count). The van der Waals surface area contributed by atoms with Crippen molar-refractivity contribution in [2.45, 2.75) is 27.2 Å². The quantitative estimate of drug-likeness (QED) is 0.849. The van der Waals surface area contributed by atoms with Gasteiger partial charge in [0.1, 0.15) is 0 Å². The molecule has 0 atom stereocenters. The Bertz CT molecular complexity index is 401. The van der Waals surface area contributed by atoms with E-state index in [1.807, 2.05) is 12.1 Å². The second-order valence-electron chi connectivity index (χ2n) is 6.70. The van der Waals surface area contributed by atoms with Crippen LogP contribution >= 0.6 is 0 Å². The average Bonchev–Trinajstić information content (AvgIpc) is 2.37. The van der Waals surface area contributed by atoms with Crippen molar-refractivity contribution in [3.63, 3.8) is 0 Å². The van der Waals surface area contributed by atoms with Crippen molar-refractivity contribution in [3.8, 4) is 0 Å². The first kappa shape index (κ1) is 14.2. The Morgan fingerprint density at radius 2 is 1.68 bits per heavy atom. The fourth-order valence-electron chi connectivity index (χ4n) is 2.48. The maximum absolute atomic E-state index is 6.05. The van der Waals surface area contributed by atoms with E-state index in [1.54, 1.807) is 0 Å². The molecule has 0 spiro atoms. The highest BCUT2D eigenvalue weighted by atomic mass is 15.3. The Balaban J connectivity index is 1.84. The van der Waals surface area contributed by atoms with Gasteiger partial charge in [0, 0.05) is 26.2 Å². The molecule has 1 fully saturated rings. The predicted molar refractivity (Wildman–Crippen MR) is 83.6 cm³/mol. The van der Waals surface area contributed by atoms with Gasteiger partial charge in [-0.25, -0.2) is 0 Å². The lowest BCUT2D eigenvalue weighted by molar-refractivity contribution is 0.217. The fourth-order valence-corrected chi connectivity index (χ4v) is 2.48. The molecule has 0 bridgehead atoms. The molecule has 1 aliphatic rings.